The summed E-state index contributed by atoms with van der Waals surface area (Å²) in [6, 6.07) is 5.74. The van der Waals surface area contributed by atoms with Crippen LogP contribution in [0.15, 0.2) is 30.5 Å². The first kappa shape index (κ1) is 25.6. The van der Waals surface area contributed by atoms with Gasteiger partial charge in [0.1, 0.15) is 12.7 Å². The van der Waals surface area contributed by atoms with Gasteiger partial charge in [-0.3, -0.25) is 29.3 Å². The molecule has 2 aromatic rings. The highest BCUT2D eigenvalue weighted by Gasteiger charge is 2.53. The molecular weight excluding hydrogens is 468 g/mol. The first-order valence-corrected chi connectivity index (χ1v) is 10.5. The summed E-state index contributed by atoms with van der Waals surface area (Å²) in [4.78, 5) is 57.8. The number of carbonyl (C=O) groups excluding carboxylic acids is 4. The molecule has 13 nitrogen and oxygen atoms in total. The molecule has 1 saturated heterocycles. The molecule has 35 heavy (non-hydrogen) atoms. The Kier molecular flexibility index (Phi) is 7.69. The number of ether oxygens (including phenoxy) is 5. The van der Waals surface area contributed by atoms with Crippen LogP contribution in [0, 0.1) is 10.1 Å². The van der Waals surface area contributed by atoms with Crippen LogP contribution in [0.3, 0.4) is 0 Å². The van der Waals surface area contributed by atoms with Gasteiger partial charge in [0.05, 0.1) is 10.4 Å². The van der Waals surface area contributed by atoms with Crippen molar-refractivity contribution in [1.82, 2.24) is 4.57 Å². The Morgan fingerprint density at radius 1 is 0.914 bits per heavy atom. The van der Waals surface area contributed by atoms with Crippen molar-refractivity contribution in [2.24, 2.45) is 0 Å². The number of non-ortho nitro benzene ring substituents is 1. The quantitative estimate of drug-likeness (QED) is 0.240. The molecule has 0 N–H and O–H groups in total. The number of nitrogens with zero attached hydrogens (tertiary/aromatic N) is 2. The molecule has 188 valence electrons. The molecule has 0 radical (unpaired) electrons. The SMILES string of the molecule is CC(=O)OCC1OC(n2ccc3cc([N+](=O)[O-])ccc32)C(OC(C)=O)C(OC(C)=O)C1OC(C)=O. The molecule has 5 atom stereocenters. The molecule has 3 rings (SSSR count). The Morgan fingerprint density at radius 2 is 1.51 bits per heavy atom. The molecule has 1 aromatic heterocycles. The van der Waals surface area contributed by atoms with Crippen LogP contribution in [0.25, 0.3) is 10.9 Å². The van der Waals surface area contributed by atoms with Gasteiger partial charge in [-0.25, -0.2) is 0 Å². The summed E-state index contributed by atoms with van der Waals surface area (Å²) in [5, 5.41) is 11.6. The van der Waals surface area contributed by atoms with E-state index in [4.69, 9.17) is 23.7 Å². The predicted molar refractivity (Wildman–Crippen MR) is 116 cm³/mol. The van der Waals surface area contributed by atoms with Gasteiger partial charge < -0.3 is 28.3 Å². The van der Waals surface area contributed by atoms with E-state index in [0.29, 0.717) is 10.9 Å². The van der Waals surface area contributed by atoms with E-state index in [9.17, 15) is 29.3 Å². The lowest BCUT2D eigenvalue weighted by molar-refractivity contribution is -0.384. The summed E-state index contributed by atoms with van der Waals surface area (Å²) >= 11 is 0. The zero-order chi connectivity index (χ0) is 25.9. The fourth-order valence-electron chi connectivity index (χ4n) is 3.92. The van der Waals surface area contributed by atoms with Gasteiger partial charge in [0.2, 0.25) is 0 Å². The van der Waals surface area contributed by atoms with Crippen LogP contribution in [-0.2, 0) is 42.9 Å². The normalized spacial score (nSPS) is 23.8. The summed E-state index contributed by atoms with van der Waals surface area (Å²) in [5.41, 5.74) is 0.355. The highest BCUT2D eigenvalue weighted by Crippen LogP contribution is 2.37. The topological polar surface area (TPSA) is 162 Å². The molecular formula is C22H24N2O11. The maximum Gasteiger partial charge on any atom is 0.303 e. The van der Waals surface area contributed by atoms with Crippen LogP contribution in [0.2, 0.25) is 0 Å². The van der Waals surface area contributed by atoms with Crippen molar-refractivity contribution in [3.63, 3.8) is 0 Å². The summed E-state index contributed by atoms with van der Waals surface area (Å²) < 4.78 is 29.0. The Morgan fingerprint density at radius 3 is 2.09 bits per heavy atom. The van der Waals surface area contributed by atoms with Crippen molar-refractivity contribution in [3.05, 3.63) is 40.6 Å². The van der Waals surface area contributed by atoms with Crippen LogP contribution >= 0.6 is 0 Å². The van der Waals surface area contributed by atoms with Crippen molar-refractivity contribution in [3.8, 4) is 0 Å². The van der Waals surface area contributed by atoms with Crippen molar-refractivity contribution in [2.45, 2.75) is 58.3 Å². The largest absolute Gasteiger partial charge is 0.463 e. The standard InChI is InChI=1S/C22H24N2O11/c1-11(25)31-10-18-19(32-12(2)26)20(33-13(3)27)21(34-14(4)28)22(35-18)23-8-7-15-9-16(24(29)30)5-6-17(15)23/h5-9,18-22H,10H2,1-4H3. The predicted octanol–water partition coefficient (Wildman–Crippen LogP) is 1.81. The summed E-state index contributed by atoms with van der Waals surface area (Å²) in [6.07, 6.45) is -4.60. The lowest BCUT2D eigenvalue weighted by Gasteiger charge is -2.44. The highest BCUT2D eigenvalue weighted by molar-refractivity contribution is 5.82. The maximum absolute atomic E-state index is 12.0. The van der Waals surface area contributed by atoms with Gasteiger partial charge in [-0.1, -0.05) is 0 Å². The van der Waals surface area contributed by atoms with E-state index in [1.54, 1.807) is 12.3 Å². The lowest BCUT2D eigenvalue weighted by Crippen LogP contribution is -2.60. The van der Waals surface area contributed by atoms with Crippen LogP contribution < -0.4 is 0 Å². The zero-order valence-electron chi connectivity index (χ0n) is 19.4. The van der Waals surface area contributed by atoms with Gasteiger partial charge >= 0.3 is 23.9 Å². The van der Waals surface area contributed by atoms with E-state index in [0.717, 1.165) is 20.8 Å². The Bertz CT molecular complexity index is 1160. The van der Waals surface area contributed by atoms with E-state index in [1.807, 2.05) is 0 Å². The number of nitro benzene ring substituents is 1. The Labute approximate surface area is 199 Å². The molecule has 0 aliphatic carbocycles. The molecule has 0 spiro atoms. The van der Waals surface area contributed by atoms with Gasteiger partial charge in [0, 0.05) is 51.4 Å². The number of esters is 4. The molecule has 1 aromatic carbocycles. The number of rotatable bonds is 7. The molecule has 13 heteroatoms. The van der Waals surface area contributed by atoms with E-state index in [2.05, 4.69) is 0 Å². The molecule has 0 bridgehead atoms. The third kappa shape index (κ3) is 5.93. The molecule has 1 fully saturated rings. The van der Waals surface area contributed by atoms with Crippen molar-refractivity contribution in [2.75, 3.05) is 6.61 Å². The van der Waals surface area contributed by atoms with Crippen LogP contribution in [0.1, 0.15) is 33.9 Å². The first-order valence-electron chi connectivity index (χ1n) is 10.5. The van der Waals surface area contributed by atoms with E-state index >= 15 is 0 Å². The van der Waals surface area contributed by atoms with Crippen LogP contribution in [0.4, 0.5) is 5.69 Å². The average Bonchev–Trinajstić information content (AvgIpc) is 3.17. The minimum Gasteiger partial charge on any atom is -0.463 e. The first-order chi connectivity index (χ1) is 16.5. The van der Waals surface area contributed by atoms with Crippen LogP contribution in [-0.4, -0.2) is 64.4 Å². The zero-order valence-corrected chi connectivity index (χ0v) is 19.4. The van der Waals surface area contributed by atoms with E-state index in [-0.39, 0.29) is 12.3 Å². The summed E-state index contributed by atoms with van der Waals surface area (Å²) in [6.45, 7) is 4.22. The Balaban J connectivity index is 2.13. The third-order valence-corrected chi connectivity index (χ3v) is 5.16. The number of hydrogen-bond acceptors (Lipinski definition) is 11. The molecule has 2 heterocycles. The van der Waals surface area contributed by atoms with E-state index in [1.165, 1.54) is 29.7 Å². The molecule has 0 saturated carbocycles. The average molecular weight is 492 g/mol. The fourth-order valence-corrected chi connectivity index (χ4v) is 3.92. The summed E-state index contributed by atoms with van der Waals surface area (Å²) in [7, 11) is 0. The van der Waals surface area contributed by atoms with Gasteiger partial charge in [0.25, 0.3) is 5.69 Å². The molecule has 0 amide bonds. The van der Waals surface area contributed by atoms with Gasteiger partial charge in [0.15, 0.2) is 24.5 Å². The third-order valence-electron chi connectivity index (χ3n) is 5.16. The second kappa shape index (κ2) is 10.5. The van der Waals surface area contributed by atoms with Crippen molar-refractivity contribution >= 4 is 40.5 Å². The van der Waals surface area contributed by atoms with Crippen molar-refractivity contribution < 1.29 is 47.8 Å². The van der Waals surface area contributed by atoms with Gasteiger partial charge in [-0.05, 0) is 12.1 Å². The van der Waals surface area contributed by atoms with Gasteiger partial charge in [-0.15, -0.1) is 0 Å². The second-order valence-electron chi connectivity index (χ2n) is 7.81. The number of carbonyl (C=O) groups is 4. The fraction of sp³-hybridized carbons (Fsp3) is 0.455. The second-order valence-corrected chi connectivity index (χ2v) is 7.81. The minimum atomic E-state index is -1.32. The van der Waals surface area contributed by atoms with E-state index < -0.39 is 59.4 Å². The number of fused-ring (bicyclic) bond motifs is 1. The number of benzene rings is 1. The summed E-state index contributed by atoms with van der Waals surface area (Å²) in [5.74, 6) is -2.84. The molecule has 1 aliphatic heterocycles. The smallest absolute Gasteiger partial charge is 0.303 e. The highest BCUT2D eigenvalue weighted by atomic mass is 16.7. The van der Waals surface area contributed by atoms with Gasteiger partial charge in [-0.2, -0.15) is 0 Å². The number of nitro groups is 1. The molecule has 5 unspecified atom stereocenters. The number of aromatic nitrogens is 1. The molecule has 1 aliphatic rings. The maximum atomic E-state index is 12.0. The minimum absolute atomic E-state index is 0.128. The number of hydrogen-bond donors (Lipinski definition) is 0. The monoisotopic (exact) mass is 492 g/mol. The lowest BCUT2D eigenvalue weighted by atomic mass is 9.97. The van der Waals surface area contributed by atoms with Crippen molar-refractivity contribution in [1.29, 1.82) is 0 Å². The van der Waals surface area contributed by atoms with Crippen LogP contribution in [0.5, 0.6) is 0 Å². The Hall–Kier alpha value is -4.00.